The van der Waals surface area contributed by atoms with E-state index in [0.717, 1.165) is 12.2 Å². The zero-order valence-corrected chi connectivity index (χ0v) is 11.4. The number of rotatable bonds is 5. The fourth-order valence-corrected chi connectivity index (χ4v) is 2.11. The lowest BCUT2D eigenvalue weighted by molar-refractivity contribution is 0.414. The van der Waals surface area contributed by atoms with E-state index in [1.807, 2.05) is 18.2 Å². The third-order valence-corrected chi connectivity index (χ3v) is 3.25. The lowest BCUT2D eigenvalue weighted by Crippen LogP contribution is -2.29. The summed E-state index contributed by atoms with van der Waals surface area (Å²) in [6.07, 6.45) is 0.830. The molecular weight excluding hydrogens is 236 g/mol. The molecule has 0 aliphatic carbocycles. The SMILES string of the molecule is COc1cccc(CC(NN)c2ccc(C)cc2)c1. The minimum atomic E-state index is 0.104. The van der Waals surface area contributed by atoms with Crippen LogP contribution in [0.2, 0.25) is 0 Å². The summed E-state index contributed by atoms with van der Waals surface area (Å²) in [6, 6.07) is 16.6. The molecule has 0 aliphatic rings. The predicted octanol–water partition coefficient (Wildman–Crippen LogP) is 2.75. The fraction of sp³-hybridized carbons (Fsp3) is 0.250. The zero-order valence-electron chi connectivity index (χ0n) is 11.4. The second-order valence-electron chi connectivity index (χ2n) is 4.69. The van der Waals surface area contributed by atoms with Crippen LogP contribution in [-0.2, 0) is 6.42 Å². The van der Waals surface area contributed by atoms with Crippen molar-refractivity contribution >= 4 is 0 Å². The van der Waals surface area contributed by atoms with E-state index < -0.39 is 0 Å². The van der Waals surface area contributed by atoms with Crippen LogP contribution in [0.25, 0.3) is 0 Å². The van der Waals surface area contributed by atoms with E-state index in [1.54, 1.807) is 7.11 Å². The second-order valence-corrected chi connectivity index (χ2v) is 4.69. The molecule has 0 fully saturated rings. The molecule has 0 aromatic heterocycles. The quantitative estimate of drug-likeness (QED) is 0.639. The Morgan fingerprint density at radius 1 is 1.16 bits per heavy atom. The molecule has 1 unspecified atom stereocenters. The van der Waals surface area contributed by atoms with Crippen LogP contribution < -0.4 is 16.0 Å². The van der Waals surface area contributed by atoms with Crippen molar-refractivity contribution < 1.29 is 4.74 Å². The molecule has 2 aromatic carbocycles. The smallest absolute Gasteiger partial charge is 0.119 e. The monoisotopic (exact) mass is 256 g/mol. The summed E-state index contributed by atoms with van der Waals surface area (Å²) in [6.45, 7) is 2.08. The lowest BCUT2D eigenvalue weighted by atomic mass is 9.98. The molecule has 2 aromatic rings. The van der Waals surface area contributed by atoms with Crippen LogP contribution in [0.5, 0.6) is 5.75 Å². The maximum absolute atomic E-state index is 5.68. The molecule has 19 heavy (non-hydrogen) atoms. The van der Waals surface area contributed by atoms with Crippen molar-refractivity contribution in [2.75, 3.05) is 7.11 Å². The number of methoxy groups -OCH3 is 1. The molecule has 100 valence electrons. The van der Waals surface area contributed by atoms with Gasteiger partial charge in [0.15, 0.2) is 0 Å². The van der Waals surface area contributed by atoms with E-state index >= 15 is 0 Å². The molecule has 0 saturated carbocycles. The van der Waals surface area contributed by atoms with Crippen molar-refractivity contribution in [2.24, 2.45) is 5.84 Å². The molecule has 0 spiro atoms. The van der Waals surface area contributed by atoms with Crippen molar-refractivity contribution in [1.29, 1.82) is 0 Å². The second kappa shape index (κ2) is 6.36. The normalized spacial score (nSPS) is 12.2. The van der Waals surface area contributed by atoms with Gasteiger partial charge in [-0.25, -0.2) is 0 Å². The van der Waals surface area contributed by atoms with Gasteiger partial charge in [0.05, 0.1) is 7.11 Å². The Bertz CT molecular complexity index is 523. The average molecular weight is 256 g/mol. The van der Waals surface area contributed by atoms with Gasteiger partial charge in [-0.05, 0) is 36.6 Å². The van der Waals surface area contributed by atoms with Gasteiger partial charge < -0.3 is 4.74 Å². The highest BCUT2D eigenvalue weighted by Gasteiger charge is 2.10. The van der Waals surface area contributed by atoms with Gasteiger partial charge in [-0.3, -0.25) is 11.3 Å². The maximum Gasteiger partial charge on any atom is 0.119 e. The highest BCUT2D eigenvalue weighted by molar-refractivity contribution is 5.31. The molecule has 3 N–H and O–H groups in total. The Morgan fingerprint density at radius 2 is 1.89 bits per heavy atom. The van der Waals surface area contributed by atoms with Gasteiger partial charge in [-0.1, -0.05) is 42.0 Å². The van der Waals surface area contributed by atoms with Crippen molar-refractivity contribution in [1.82, 2.24) is 5.43 Å². The van der Waals surface area contributed by atoms with Crippen LogP contribution in [0.4, 0.5) is 0 Å². The molecule has 3 heteroatoms. The number of nitrogens with two attached hydrogens (primary N) is 1. The predicted molar refractivity (Wildman–Crippen MR) is 77.9 cm³/mol. The van der Waals surface area contributed by atoms with Crippen LogP contribution in [0.15, 0.2) is 48.5 Å². The third kappa shape index (κ3) is 3.56. The average Bonchev–Trinajstić information content (AvgIpc) is 2.46. The molecule has 0 radical (unpaired) electrons. The van der Waals surface area contributed by atoms with E-state index in [-0.39, 0.29) is 6.04 Å². The van der Waals surface area contributed by atoms with E-state index in [1.165, 1.54) is 16.7 Å². The molecule has 0 heterocycles. The first-order chi connectivity index (χ1) is 9.22. The third-order valence-electron chi connectivity index (χ3n) is 3.25. The summed E-state index contributed by atoms with van der Waals surface area (Å²) in [5.74, 6) is 6.55. The molecule has 3 nitrogen and oxygen atoms in total. The van der Waals surface area contributed by atoms with E-state index in [4.69, 9.17) is 10.6 Å². The summed E-state index contributed by atoms with van der Waals surface area (Å²) in [5, 5.41) is 0. The lowest BCUT2D eigenvalue weighted by Gasteiger charge is -2.17. The Kier molecular flexibility index (Phi) is 4.55. The first-order valence-electron chi connectivity index (χ1n) is 6.38. The Balaban J connectivity index is 2.16. The van der Waals surface area contributed by atoms with Gasteiger partial charge in [0, 0.05) is 6.04 Å². The van der Waals surface area contributed by atoms with E-state index in [9.17, 15) is 0 Å². The maximum atomic E-state index is 5.68. The van der Waals surface area contributed by atoms with Crippen molar-refractivity contribution in [3.8, 4) is 5.75 Å². The van der Waals surface area contributed by atoms with Gasteiger partial charge in [0.25, 0.3) is 0 Å². The number of aryl methyl sites for hydroxylation is 1. The summed E-state index contributed by atoms with van der Waals surface area (Å²) >= 11 is 0. The fourth-order valence-electron chi connectivity index (χ4n) is 2.11. The Morgan fingerprint density at radius 3 is 2.53 bits per heavy atom. The van der Waals surface area contributed by atoms with Crippen LogP contribution in [0, 0.1) is 6.92 Å². The molecule has 0 amide bonds. The summed E-state index contributed by atoms with van der Waals surface area (Å²) in [7, 11) is 1.68. The standard InChI is InChI=1S/C16H20N2O/c1-12-6-8-14(9-7-12)16(18-17)11-13-4-3-5-15(10-13)19-2/h3-10,16,18H,11,17H2,1-2H3. The molecule has 0 bridgehead atoms. The first kappa shape index (κ1) is 13.6. The summed E-state index contributed by atoms with van der Waals surface area (Å²) in [5.41, 5.74) is 6.52. The molecule has 1 atom stereocenters. The van der Waals surface area contributed by atoms with Crippen molar-refractivity contribution in [3.05, 3.63) is 65.2 Å². The molecule has 0 aliphatic heterocycles. The van der Waals surface area contributed by atoms with Crippen LogP contribution in [0.1, 0.15) is 22.7 Å². The van der Waals surface area contributed by atoms with E-state index in [2.05, 4.69) is 42.7 Å². The topological polar surface area (TPSA) is 47.3 Å². The number of hydrazine groups is 1. The minimum Gasteiger partial charge on any atom is -0.497 e. The molecule has 0 saturated heterocycles. The number of hydrogen-bond acceptors (Lipinski definition) is 3. The van der Waals surface area contributed by atoms with Crippen molar-refractivity contribution in [3.63, 3.8) is 0 Å². The van der Waals surface area contributed by atoms with Crippen LogP contribution in [0.3, 0.4) is 0 Å². The number of benzene rings is 2. The Hall–Kier alpha value is -1.84. The minimum absolute atomic E-state index is 0.104. The number of hydrogen-bond donors (Lipinski definition) is 2. The molecular formula is C16H20N2O. The number of ether oxygens (including phenoxy) is 1. The largest absolute Gasteiger partial charge is 0.497 e. The van der Waals surface area contributed by atoms with Gasteiger partial charge in [-0.2, -0.15) is 0 Å². The van der Waals surface area contributed by atoms with Gasteiger partial charge >= 0.3 is 0 Å². The molecule has 2 rings (SSSR count). The van der Waals surface area contributed by atoms with Gasteiger partial charge in [0.2, 0.25) is 0 Å². The van der Waals surface area contributed by atoms with Crippen molar-refractivity contribution in [2.45, 2.75) is 19.4 Å². The van der Waals surface area contributed by atoms with Gasteiger partial charge in [-0.15, -0.1) is 0 Å². The summed E-state index contributed by atoms with van der Waals surface area (Å²) < 4.78 is 5.24. The van der Waals surface area contributed by atoms with Crippen LogP contribution in [-0.4, -0.2) is 7.11 Å². The van der Waals surface area contributed by atoms with Crippen LogP contribution >= 0.6 is 0 Å². The number of nitrogens with one attached hydrogen (secondary N) is 1. The zero-order chi connectivity index (χ0) is 13.7. The highest BCUT2D eigenvalue weighted by Crippen LogP contribution is 2.21. The summed E-state index contributed by atoms with van der Waals surface area (Å²) in [4.78, 5) is 0. The first-order valence-corrected chi connectivity index (χ1v) is 6.38. The van der Waals surface area contributed by atoms with Gasteiger partial charge in [0.1, 0.15) is 5.75 Å². The highest BCUT2D eigenvalue weighted by atomic mass is 16.5. The van der Waals surface area contributed by atoms with E-state index in [0.29, 0.717) is 0 Å². The Labute approximate surface area is 114 Å².